The van der Waals surface area contributed by atoms with E-state index in [1.165, 1.54) is 27.1 Å². The van der Waals surface area contributed by atoms with Crippen LogP contribution < -0.4 is 5.32 Å². The number of benzene rings is 2. The van der Waals surface area contributed by atoms with Gasteiger partial charge in [0.25, 0.3) is 0 Å². The molecular formula is C18H18N2S. The molecule has 0 bridgehead atoms. The third kappa shape index (κ3) is 2.27. The maximum absolute atomic E-state index is 3.53. The first kappa shape index (κ1) is 13.0. The van der Waals surface area contributed by atoms with Gasteiger partial charge in [-0.2, -0.15) is 0 Å². The summed E-state index contributed by atoms with van der Waals surface area (Å²) in [6, 6.07) is 19.9. The summed E-state index contributed by atoms with van der Waals surface area (Å²) in [4.78, 5) is 3.53. The van der Waals surface area contributed by atoms with Crippen LogP contribution in [0.25, 0.3) is 10.9 Å². The molecule has 21 heavy (non-hydrogen) atoms. The van der Waals surface area contributed by atoms with Crippen LogP contribution in [0.5, 0.6) is 0 Å². The Balaban J connectivity index is 1.63. The van der Waals surface area contributed by atoms with E-state index in [1.807, 2.05) is 11.8 Å². The van der Waals surface area contributed by atoms with E-state index in [0.29, 0.717) is 11.3 Å². The predicted octanol–water partition coefficient (Wildman–Crippen LogP) is 4.15. The van der Waals surface area contributed by atoms with Crippen LogP contribution in [0.4, 0.5) is 0 Å². The molecule has 1 aromatic heterocycles. The van der Waals surface area contributed by atoms with Crippen molar-refractivity contribution in [2.45, 2.75) is 22.7 Å². The molecule has 1 aliphatic carbocycles. The molecule has 0 spiro atoms. The van der Waals surface area contributed by atoms with Gasteiger partial charge >= 0.3 is 0 Å². The molecule has 4 rings (SSSR count). The van der Waals surface area contributed by atoms with Crippen LogP contribution >= 0.6 is 11.8 Å². The van der Waals surface area contributed by atoms with E-state index in [1.54, 1.807) is 0 Å². The average Bonchev–Trinajstić information content (AvgIpc) is 3.06. The van der Waals surface area contributed by atoms with Gasteiger partial charge in [0.1, 0.15) is 0 Å². The van der Waals surface area contributed by atoms with Crippen LogP contribution in [0.1, 0.15) is 17.2 Å². The zero-order valence-electron chi connectivity index (χ0n) is 12.0. The highest BCUT2D eigenvalue weighted by Crippen LogP contribution is 2.41. The maximum Gasteiger partial charge on any atom is 0.0735 e. The number of aromatic amines is 1. The smallest absolute Gasteiger partial charge is 0.0735 e. The van der Waals surface area contributed by atoms with Crippen molar-refractivity contribution in [3.05, 3.63) is 65.7 Å². The van der Waals surface area contributed by atoms with Gasteiger partial charge in [0.2, 0.25) is 0 Å². The van der Waals surface area contributed by atoms with Crippen molar-refractivity contribution in [3.8, 4) is 0 Å². The second-order valence-electron chi connectivity index (χ2n) is 5.55. The lowest BCUT2D eigenvalue weighted by molar-refractivity contribution is 0.603. The Morgan fingerprint density at radius 2 is 1.90 bits per heavy atom. The van der Waals surface area contributed by atoms with Crippen LogP contribution in [0.3, 0.4) is 0 Å². The first-order valence-corrected chi connectivity index (χ1v) is 8.22. The van der Waals surface area contributed by atoms with Crippen LogP contribution in [0.15, 0.2) is 59.6 Å². The van der Waals surface area contributed by atoms with Crippen molar-refractivity contribution in [3.63, 3.8) is 0 Å². The lowest BCUT2D eigenvalue weighted by atomic mass is 10.1. The zero-order valence-corrected chi connectivity index (χ0v) is 12.8. The second kappa shape index (κ2) is 5.24. The number of aromatic nitrogens is 1. The Morgan fingerprint density at radius 3 is 2.76 bits per heavy atom. The maximum atomic E-state index is 3.53. The number of H-pyrrole nitrogens is 1. The highest BCUT2D eigenvalue weighted by molar-refractivity contribution is 7.99. The fourth-order valence-electron chi connectivity index (χ4n) is 3.28. The van der Waals surface area contributed by atoms with Crippen molar-refractivity contribution in [1.29, 1.82) is 0 Å². The van der Waals surface area contributed by atoms with E-state index < -0.39 is 0 Å². The van der Waals surface area contributed by atoms with E-state index in [9.17, 15) is 0 Å². The van der Waals surface area contributed by atoms with E-state index in [4.69, 9.17) is 0 Å². The van der Waals surface area contributed by atoms with Gasteiger partial charge in [-0.3, -0.25) is 0 Å². The highest BCUT2D eigenvalue weighted by atomic mass is 32.2. The fourth-order valence-corrected chi connectivity index (χ4v) is 4.65. The van der Waals surface area contributed by atoms with Crippen LogP contribution in [-0.4, -0.2) is 17.3 Å². The quantitative estimate of drug-likeness (QED) is 0.759. The summed E-state index contributed by atoms with van der Waals surface area (Å²) in [6.07, 6.45) is 1.13. The molecule has 2 atom stereocenters. The lowest BCUT2D eigenvalue weighted by Gasteiger charge is -2.18. The largest absolute Gasteiger partial charge is 0.350 e. The molecule has 2 aromatic carbocycles. The Kier molecular flexibility index (Phi) is 3.24. The van der Waals surface area contributed by atoms with E-state index in [-0.39, 0.29) is 0 Å². The first-order valence-electron chi connectivity index (χ1n) is 7.34. The number of rotatable bonds is 3. The zero-order chi connectivity index (χ0) is 14.2. The minimum atomic E-state index is 0.428. The summed E-state index contributed by atoms with van der Waals surface area (Å²) in [5, 5.41) is 6.58. The summed E-state index contributed by atoms with van der Waals surface area (Å²) in [5.41, 5.74) is 4.15. The predicted molar refractivity (Wildman–Crippen MR) is 89.9 cm³/mol. The van der Waals surface area contributed by atoms with Crippen molar-refractivity contribution in [1.82, 2.24) is 10.3 Å². The van der Waals surface area contributed by atoms with Gasteiger partial charge in [-0.05, 0) is 36.7 Å². The Morgan fingerprint density at radius 1 is 1.10 bits per heavy atom. The molecule has 0 fully saturated rings. The van der Waals surface area contributed by atoms with Gasteiger partial charge in [-0.1, -0.05) is 42.5 Å². The summed E-state index contributed by atoms with van der Waals surface area (Å²) in [7, 11) is 2.06. The second-order valence-corrected chi connectivity index (χ2v) is 6.83. The molecule has 0 saturated heterocycles. The van der Waals surface area contributed by atoms with Gasteiger partial charge in [-0.25, -0.2) is 0 Å². The van der Waals surface area contributed by atoms with Gasteiger partial charge in [-0.15, -0.1) is 11.8 Å². The molecule has 0 aliphatic heterocycles. The van der Waals surface area contributed by atoms with Crippen molar-refractivity contribution >= 4 is 22.7 Å². The Hall–Kier alpha value is -1.71. The number of fused-ring (bicyclic) bond motifs is 2. The van der Waals surface area contributed by atoms with E-state index >= 15 is 0 Å². The standard InChI is InChI=1S/C18H18N2S/c1-19-18-14-8-4-2-6-12(14)10-16(18)21-17-11-13-7-3-5-9-15(13)20-17/h2-9,11,16,18-20H,10H2,1H3. The topological polar surface area (TPSA) is 27.8 Å². The van der Waals surface area contributed by atoms with Gasteiger partial charge in [0, 0.05) is 22.2 Å². The van der Waals surface area contributed by atoms with Gasteiger partial charge in [0.15, 0.2) is 0 Å². The molecule has 1 heterocycles. The molecule has 2 N–H and O–H groups in total. The van der Waals surface area contributed by atoms with Gasteiger partial charge < -0.3 is 10.3 Å². The minimum absolute atomic E-state index is 0.428. The number of thioether (sulfide) groups is 1. The SMILES string of the molecule is CNC1c2ccccc2CC1Sc1cc2ccccc2[nH]1. The summed E-state index contributed by atoms with van der Waals surface area (Å²) >= 11 is 1.95. The van der Waals surface area contributed by atoms with E-state index in [0.717, 1.165) is 6.42 Å². The molecule has 106 valence electrons. The average molecular weight is 294 g/mol. The number of nitrogens with one attached hydrogen (secondary N) is 2. The van der Waals surface area contributed by atoms with Crippen molar-refractivity contribution in [2.75, 3.05) is 7.05 Å². The Labute approximate surface area is 129 Å². The summed E-state index contributed by atoms with van der Waals surface area (Å²) in [6.45, 7) is 0. The molecule has 0 amide bonds. The fraction of sp³-hybridized carbons (Fsp3) is 0.222. The molecule has 0 saturated carbocycles. The molecule has 2 nitrogen and oxygen atoms in total. The van der Waals surface area contributed by atoms with Crippen LogP contribution in [0.2, 0.25) is 0 Å². The molecule has 3 heteroatoms. The van der Waals surface area contributed by atoms with Crippen LogP contribution in [0, 0.1) is 0 Å². The molecular weight excluding hydrogens is 276 g/mol. The van der Waals surface area contributed by atoms with Crippen molar-refractivity contribution < 1.29 is 0 Å². The molecule has 3 aromatic rings. The minimum Gasteiger partial charge on any atom is -0.350 e. The molecule has 1 aliphatic rings. The molecule has 2 unspecified atom stereocenters. The van der Waals surface area contributed by atoms with Crippen molar-refractivity contribution in [2.24, 2.45) is 0 Å². The normalized spacial score (nSPS) is 20.8. The number of hydrogen-bond acceptors (Lipinski definition) is 2. The number of para-hydroxylation sites is 1. The molecule has 0 radical (unpaired) electrons. The lowest BCUT2D eigenvalue weighted by Crippen LogP contribution is -2.23. The van der Waals surface area contributed by atoms with Gasteiger partial charge in [0.05, 0.1) is 5.03 Å². The third-order valence-electron chi connectivity index (χ3n) is 4.28. The third-order valence-corrected chi connectivity index (χ3v) is 5.49. The number of hydrogen-bond donors (Lipinski definition) is 2. The van der Waals surface area contributed by atoms with E-state index in [2.05, 4.69) is 71.9 Å². The first-order chi connectivity index (χ1) is 10.3. The van der Waals surface area contributed by atoms with Crippen LogP contribution in [-0.2, 0) is 6.42 Å². The summed E-state index contributed by atoms with van der Waals surface area (Å²) < 4.78 is 0. The Bertz CT molecular complexity index is 744. The highest BCUT2D eigenvalue weighted by Gasteiger charge is 2.32. The summed E-state index contributed by atoms with van der Waals surface area (Å²) in [5.74, 6) is 0. The monoisotopic (exact) mass is 294 g/mol.